The number of hydrogen-bond acceptors (Lipinski definition) is 4. The molecule has 3 nitrogen and oxygen atoms in total. The quantitative estimate of drug-likeness (QED) is 0.836. The van der Waals surface area contributed by atoms with E-state index in [1.807, 2.05) is 7.05 Å². The molecule has 1 N–H and O–H groups in total. The first-order valence-corrected chi connectivity index (χ1v) is 6.18. The van der Waals surface area contributed by atoms with Crippen LogP contribution >= 0.6 is 11.3 Å². The zero-order valence-corrected chi connectivity index (χ0v) is 11.1. The maximum Gasteiger partial charge on any atom is 0.185 e. The maximum absolute atomic E-state index is 4.59. The first-order chi connectivity index (χ1) is 7.04. The van der Waals surface area contributed by atoms with Crippen LogP contribution in [0.1, 0.15) is 24.4 Å². The smallest absolute Gasteiger partial charge is 0.185 e. The Hall–Kier alpha value is -0.610. The summed E-state index contributed by atoms with van der Waals surface area (Å²) in [5.41, 5.74) is 1.15. The molecular weight excluding hydrogens is 206 g/mol. The van der Waals surface area contributed by atoms with Crippen molar-refractivity contribution in [2.45, 2.75) is 27.3 Å². The molecule has 1 heterocycles. The number of rotatable bonds is 5. The second-order valence-electron chi connectivity index (χ2n) is 4.31. The van der Waals surface area contributed by atoms with Gasteiger partial charge in [-0.1, -0.05) is 13.8 Å². The van der Waals surface area contributed by atoms with Gasteiger partial charge in [0.05, 0.1) is 5.69 Å². The third-order valence-corrected chi connectivity index (χ3v) is 3.46. The minimum Gasteiger partial charge on any atom is -0.351 e. The van der Waals surface area contributed by atoms with E-state index in [-0.39, 0.29) is 0 Å². The van der Waals surface area contributed by atoms with Gasteiger partial charge in [0.2, 0.25) is 0 Å². The number of anilines is 1. The largest absolute Gasteiger partial charge is 0.351 e. The van der Waals surface area contributed by atoms with E-state index < -0.39 is 0 Å². The summed E-state index contributed by atoms with van der Waals surface area (Å²) in [6.45, 7) is 8.51. The topological polar surface area (TPSA) is 28.2 Å². The molecule has 1 aromatic rings. The lowest BCUT2D eigenvalue weighted by molar-refractivity contribution is 0.637. The van der Waals surface area contributed by atoms with E-state index in [0.717, 1.165) is 23.9 Å². The molecule has 1 rings (SSSR count). The maximum atomic E-state index is 4.59. The van der Waals surface area contributed by atoms with Crippen LogP contribution < -0.4 is 10.2 Å². The van der Waals surface area contributed by atoms with Crippen molar-refractivity contribution in [1.29, 1.82) is 0 Å². The molecule has 0 bridgehead atoms. The number of hydrogen-bond donors (Lipinski definition) is 1. The molecule has 1 aromatic heterocycles. The zero-order chi connectivity index (χ0) is 11.4. The summed E-state index contributed by atoms with van der Waals surface area (Å²) in [5, 5.41) is 4.30. The molecular formula is C11H21N3S. The average Bonchev–Trinajstić information content (AvgIpc) is 2.47. The number of aryl methyl sites for hydroxylation is 1. The van der Waals surface area contributed by atoms with Gasteiger partial charge < -0.3 is 10.2 Å². The molecule has 0 unspecified atom stereocenters. The van der Waals surface area contributed by atoms with E-state index in [0.29, 0.717) is 5.92 Å². The van der Waals surface area contributed by atoms with Crippen molar-refractivity contribution < 1.29 is 0 Å². The van der Waals surface area contributed by atoms with Crippen molar-refractivity contribution in [3.05, 3.63) is 10.6 Å². The Kier molecular flexibility index (Phi) is 4.54. The van der Waals surface area contributed by atoms with Gasteiger partial charge >= 0.3 is 0 Å². The normalized spacial score (nSPS) is 11.1. The van der Waals surface area contributed by atoms with Crippen LogP contribution in [-0.4, -0.2) is 25.6 Å². The van der Waals surface area contributed by atoms with Crippen molar-refractivity contribution in [3.8, 4) is 0 Å². The van der Waals surface area contributed by atoms with Crippen LogP contribution in [0.25, 0.3) is 0 Å². The van der Waals surface area contributed by atoms with Gasteiger partial charge in [0, 0.05) is 25.0 Å². The molecule has 0 atom stereocenters. The number of aromatic nitrogens is 1. The lowest BCUT2D eigenvalue weighted by Crippen LogP contribution is -2.22. The molecule has 0 aromatic carbocycles. The summed E-state index contributed by atoms with van der Waals surface area (Å²) in [6.07, 6.45) is 0. The SMILES string of the molecule is CNCc1sc(N(C)CC(C)C)nc1C. The highest BCUT2D eigenvalue weighted by atomic mass is 32.1. The van der Waals surface area contributed by atoms with Gasteiger partial charge in [-0.15, -0.1) is 11.3 Å². The molecule has 86 valence electrons. The molecule has 0 aliphatic carbocycles. The molecule has 0 aliphatic heterocycles. The summed E-state index contributed by atoms with van der Waals surface area (Å²) in [7, 11) is 4.08. The fraction of sp³-hybridized carbons (Fsp3) is 0.727. The standard InChI is InChI=1S/C11H21N3S/c1-8(2)7-14(5)11-13-9(3)10(15-11)6-12-4/h8,12H,6-7H2,1-5H3. The van der Waals surface area contributed by atoms with Crippen LogP contribution in [0, 0.1) is 12.8 Å². The predicted molar refractivity (Wildman–Crippen MR) is 67.7 cm³/mol. The van der Waals surface area contributed by atoms with Gasteiger partial charge in [-0.05, 0) is 19.9 Å². The van der Waals surface area contributed by atoms with E-state index in [4.69, 9.17) is 0 Å². The third-order valence-electron chi connectivity index (χ3n) is 2.18. The zero-order valence-electron chi connectivity index (χ0n) is 10.3. The third kappa shape index (κ3) is 3.47. The first-order valence-electron chi connectivity index (χ1n) is 5.36. The molecule has 15 heavy (non-hydrogen) atoms. The van der Waals surface area contributed by atoms with Crippen molar-refractivity contribution in [2.75, 3.05) is 25.5 Å². The summed E-state index contributed by atoms with van der Waals surface area (Å²) in [6, 6.07) is 0. The van der Waals surface area contributed by atoms with E-state index in [1.165, 1.54) is 4.88 Å². The van der Waals surface area contributed by atoms with E-state index in [1.54, 1.807) is 11.3 Å². The second kappa shape index (κ2) is 5.47. The molecule has 0 saturated heterocycles. The fourth-order valence-electron chi connectivity index (χ4n) is 1.53. The average molecular weight is 227 g/mol. The number of thiazole rings is 1. The van der Waals surface area contributed by atoms with Gasteiger partial charge in [-0.25, -0.2) is 4.98 Å². The molecule has 0 saturated carbocycles. The molecule has 0 spiro atoms. The Morgan fingerprint density at radius 1 is 1.47 bits per heavy atom. The highest BCUT2D eigenvalue weighted by Gasteiger charge is 2.11. The van der Waals surface area contributed by atoms with E-state index in [2.05, 4.69) is 43.0 Å². The van der Waals surface area contributed by atoms with Crippen molar-refractivity contribution in [3.63, 3.8) is 0 Å². The van der Waals surface area contributed by atoms with Gasteiger partial charge in [-0.2, -0.15) is 0 Å². The monoisotopic (exact) mass is 227 g/mol. The Bertz CT molecular complexity index is 307. The van der Waals surface area contributed by atoms with Crippen LogP contribution in [0.3, 0.4) is 0 Å². The predicted octanol–water partition coefficient (Wildman–Crippen LogP) is 2.26. The van der Waals surface area contributed by atoms with Crippen molar-refractivity contribution >= 4 is 16.5 Å². The molecule has 0 fully saturated rings. The highest BCUT2D eigenvalue weighted by Crippen LogP contribution is 2.25. The lowest BCUT2D eigenvalue weighted by atomic mass is 10.2. The Balaban J connectivity index is 2.73. The highest BCUT2D eigenvalue weighted by molar-refractivity contribution is 7.15. The fourth-order valence-corrected chi connectivity index (χ4v) is 2.57. The Morgan fingerprint density at radius 3 is 2.67 bits per heavy atom. The van der Waals surface area contributed by atoms with Crippen LogP contribution in [0.2, 0.25) is 0 Å². The van der Waals surface area contributed by atoms with E-state index in [9.17, 15) is 0 Å². The second-order valence-corrected chi connectivity index (χ2v) is 5.37. The molecule has 4 heteroatoms. The van der Waals surface area contributed by atoms with Gasteiger partial charge in [-0.3, -0.25) is 0 Å². The van der Waals surface area contributed by atoms with Crippen molar-refractivity contribution in [1.82, 2.24) is 10.3 Å². The van der Waals surface area contributed by atoms with Gasteiger partial charge in [0.1, 0.15) is 0 Å². The van der Waals surface area contributed by atoms with Crippen molar-refractivity contribution in [2.24, 2.45) is 5.92 Å². The minimum absolute atomic E-state index is 0.673. The van der Waals surface area contributed by atoms with Gasteiger partial charge in [0.25, 0.3) is 0 Å². The van der Waals surface area contributed by atoms with Crippen LogP contribution in [0.15, 0.2) is 0 Å². The van der Waals surface area contributed by atoms with Crippen LogP contribution in [-0.2, 0) is 6.54 Å². The number of nitrogens with zero attached hydrogens (tertiary/aromatic N) is 2. The minimum atomic E-state index is 0.673. The summed E-state index contributed by atoms with van der Waals surface area (Å²) < 4.78 is 0. The molecule has 0 radical (unpaired) electrons. The number of nitrogens with one attached hydrogen (secondary N) is 1. The van der Waals surface area contributed by atoms with Crippen LogP contribution in [0.4, 0.5) is 5.13 Å². The molecule has 0 amide bonds. The Labute approximate surface area is 96.5 Å². The molecule has 0 aliphatic rings. The lowest BCUT2D eigenvalue weighted by Gasteiger charge is -2.17. The summed E-state index contributed by atoms with van der Waals surface area (Å²) in [4.78, 5) is 8.16. The summed E-state index contributed by atoms with van der Waals surface area (Å²) in [5.74, 6) is 0.673. The summed E-state index contributed by atoms with van der Waals surface area (Å²) >= 11 is 1.79. The van der Waals surface area contributed by atoms with Gasteiger partial charge in [0.15, 0.2) is 5.13 Å². The Morgan fingerprint density at radius 2 is 2.13 bits per heavy atom. The van der Waals surface area contributed by atoms with E-state index >= 15 is 0 Å². The first kappa shape index (κ1) is 12.5. The van der Waals surface area contributed by atoms with Crippen LogP contribution in [0.5, 0.6) is 0 Å².